The van der Waals surface area contributed by atoms with E-state index in [9.17, 15) is 20.0 Å². The number of benzene rings is 1. The number of likely N-dealkylation sites (tertiary alicyclic amines) is 1. The fourth-order valence-electron chi connectivity index (χ4n) is 2.07. The van der Waals surface area contributed by atoms with Gasteiger partial charge in [-0.1, -0.05) is 0 Å². The second-order valence-electron chi connectivity index (χ2n) is 4.80. The molecule has 2 rings (SSSR count). The molecule has 1 heterocycles. The molecule has 1 aliphatic rings. The first kappa shape index (κ1) is 13.8. The number of rotatable bonds is 3. The molecule has 1 N–H and O–H groups in total. The van der Waals surface area contributed by atoms with Crippen molar-refractivity contribution in [3.8, 4) is 0 Å². The molecule has 1 aliphatic heterocycles. The van der Waals surface area contributed by atoms with Gasteiger partial charge >= 0.3 is 0 Å². The van der Waals surface area contributed by atoms with Gasteiger partial charge in [0.2, 0.25) is 0 Å². The highest BCUT2D eigenvalue weighted by molar-refractivity contribution is 7.98. The van der Waals surface area contributed by atoms with E-state index in [4.69, 9.17) is 0 Å². The van der Waals surface area contributed by atoms with E-state index in [2.05, 4.69) is 0 Å². The normalized spacial score (nSPS) is 16.9. The number of aliphatic hydroxyl groups is 1. The topological polar surface area (TPSA) is 83.7 Å². The number of hydrogen-bond acceptors (Lipinski definition) is 5. The summed E-state index contributed by atoms with van der Waals surface area (Å²) < 4.78 is 0. The van der Waals surface area contributed by atoms with E-state index in [-0.39, 0.29) is 30.2 Å². The standard InChI is InChI=1S/C12H14N2O4S/c1-12(16)6-13(7-12)11(15)8-3-4-10(19-2)9(5-8)14(17)18/h3-5,16H,6-7H2,1-2H3. The number of carbonyl (C=O) groups is 1. The highest BCUT2D eigenvalue weighted by Crippen LogP contribution is 2.30. The van der Waals surface area contributed by atoms with Crippen LogP contribution in [0.2, 0.25) is 0 Å². The Labute approximate surface area is 114 Å². The van der Waals surface area contributed by atoms with Crippen LogP contribution in [0.15, 0.2) is 23.1 Å². The van der Waals surface area contributed by atoms with Gasteiger partial charge in [0.1, 0.15) is 0 Å². The van der Waals surface area contributed by atoms with Crippen LogP contribution in [0.4, 0.5) is 5.69 Å². The molecule has 1 fully saturated rings. The average molecular weight is 282 g/mol. The molecule has 0 radical (unpaired) electrons. The molecule has 0 aliphatic carbocycles. The van der Waals surface area contributed by atoms with Crippen molar-refractivity contribution in [2.24, 2.45) is 0 Å². The molecule has 0 aromatic heterocycles. The molecule has 0 saturated carbocycles. The predicted octanol–water partition coefficient (Wildman–Crippen LogP) is 1.52. The summed E-state index contributed by atoms with van der Waals surface area (Å²) in [5.74, 6) is -0.290. The second-order valence-corrected chi connectivity index (χ2v) is 5.65. The Hall–Kier alpha value is -1.60. The van der Waals surface area contributed by atoms with Gasteiger partial charge in [-0.2, -0.15) is 0 Å². The summed E-state index contributed by atoms with van der Waals surface area (Å²) in [6.07, 6.45) is 1.75. The fraction of sp³-hybridized carbons (Fsp3) is 0.417. The number of carbonyl (C=O) groups excluding carboxylic acids is 1. The summed E-state index contributed by atoms with van der Waals surface area (Å²) in [4.78, 5) is 24.5. The summed E-state index contributed by atoms with van der Waals surface area (Å²) in [6, 6.07) is 4.45. The van der Waals surface area contributed by atoms with Crippen molar-refractivity contribution >= 4 is 23.4 Å². The lowest BCUT2D eigenvalue weighted by Gasteiger charge is -2.44. The van der Waals surface area contributed by atoms with Crippen LogP contribution < -0.4 is 0 Å². The van der Waals surface area contributed by atoms with Gasteiger partial charge in [0.15, 0.2) is 0 Å². The van der Waals surface area contributed by atoms with Crippen LogP contribution in [-0.2, 0) is 0 Å². The second kappa shape index (κ2) is 4.82. The van der Waals surface area contributed by atoms with Gasteiger partial charge in [-0.05, 0) is 25.3 Å². The molecule has 0 atom stereocenters. The largest absolute Gasteiger partial charge is 0.386 e. The quantitative estimate of drug-likeness (QED) is 0.516. The van der Waals surface area contributed by atoms with Gasteiger partial charge in [0.05, 0.1) is 28.5 Å². The monoisotopic (exact) mass is 282 g/mol. The molecule has 0 bridgehead atoms. The molecule has 1 amide bonds. The van der Waals surface area contributed by atoms with Crippen LogP contribution in [-0.4, -0.2) is 45.8 Å². The zero-order valence-corrected chi connectivity index (χ0v) is 11.4. The van der Waals surface area contributed by atoms with Crippen molar-refractivity contribution in [3.63, 3.8) is 0 Å². The lowest BCUT2D eigenvalue weighted by atomic mass is 9.96. The first-order valence-electron chi connectivity index (χ1n) is 5.68. The van der Waals surface area contributed by atoms with E-state index < -0.39 is 10.5 Å². The van der Waals surface area contributed by atoms with Gasteiger partial charge in [-0.3, -0.25) is 14.9 Å². The number of hydrogen-bond donors (Lipinski definition) is 1. The molecule has 0 spiro atoms. The molecular weight excluding hydrogens is 268 g/mol. The van der Waals surface area contributed by atoms with Crippen LogP contribution in [0.3, 0.4) is 0 Å². The van der Waals surface area contributed by atoms with E-state index in [1.807, 2.05) is 0 Å². The third kappa shape index (κ3) is 2.71. The highest BCUT2D eigenvalue weighted by Gasteiger charge is 2.39. The third-order valence-electron chi connectivity index (χ3n) is 2.97. The van der Waals surface area contributed by atoms with Crippen LogP contribution >= 0.6 is 11.8 Å². The molecule has 19 heavy (non-hydrogen) atoms. The Kier molecular flexibility index (Phi) is 3.51. The molecule has 0 unspecified atom stereocenters. The van der Waals surface area contributed by atoms with E-state index in [0.29, 0.717) is 4.90 Å². The van der Waals surface area contributed by atoms with Crippen LogP contribution in [0.1, 0.15) is 17.3 Å². The minimum atomic E-state index is -0.846. The maximum Gasteiger partial charge on any atom is 0.283 e. The molecule has 1 aromatic carbocycles. The predicted molar refractivity (Wildman–Crippen MR) is 71.4 cm³/mol. The minimum Gasteiger partial charge on any atom is -0.386 e. The van der Waals surface area contributed by atoms with Gasteiger partial charge in [-0.15, -0.1) is 11.8 Å². The van der Waals surface area contributed by atoms with Crippen molar-refractivity contribution in [2.75, 3.05) is 19.3 Å². The number of β-amino-alcohol motifs (C(OH)–C–C–N with tert-alkyl or cyclic N) is 1. The Morgan fingerprint density at radius 3 is 2.63 bits per heavy atom. The number of amides is 1. The number of nitro groups is 1. The maximum atomic E-state index is 12.1. The van der Waals surface area contributed by atoms with E-state index in [1.54, 1.807) is 25.3 Å². The van der Waals surface area contributed by atoms with Crippen LogP contribution in [0, 0.1) is 10.1 Å². The number of nitro benzene ring substituents is 1. The molecule has 1 aromatic rings. The molecule has 1 saturated heterocycles. The molecular formula is C12H14N2O4S. The summed E-state index contributed by atoms with van der Waals surface area (Å²) in [5.41, 5.74) is -0.633. The molecule has 102 valence electrons. The van der Waals surface area contributed by atoms with Gasteiger partial charge in [0.25, 0.3) is 11.6 Å². The van der Waals surface area contributed by atoms with Crippen LogP contribution in [0.5, 0.6) is 0 Å². The maximum absolute atomic E-state index is 12.1. The number of nitrogens with zero attached hydrogens (tertiary/aromatic N) is 2. The fourth-order valence-corrected chi connectivity index (χ4v) is 2.61. The zero-order chi connectivity index (χ0) is 14.2. The minimum absolute atomic E-state index is 0.0642. The smallest absolute Gasteiger partial charge is 0.283 e. The zero-order valence-electron chi connectivity index (χ0n) is 10.6. The van der Waals surface area contributed by atoms with Crippen molar-refractivity contribution in [3.05, 3.63) is 33.9 Å². The Morgan fingerprint density at radius 1 is 1.53 bits per heavy atom. The Balaban J connectivity index is 2.24. The summed E-state index contributed by atoms with van der Waals surface area (Å²) >= 11 is 1.27. The summed E-state index contributed by atoms with van der Waals surface area (Å²) in [7, 11) is 0. The summed E-state index contributed by atoms with van der Waals surface area (Å²) in [5, 5.41) is 20.5. The van der Waals surface area contributed by atoms with Crippen molar-refractivity contribution in [2.45, 2.75) is 17.4 Å². The van der Waals surface area contributed by atoms with Crippen LogP contribution in [0.25, 0.3) is 0 Å². The Bertz CT molecular complexity index is 537. The van der Waals surface area contributed by atoms with Gasteiger partial charge in [-0.25, -0.2) is 0 Å². The lowest BCUT2D eigenvalue weighted by molar-refractivity contribution is -0.387. The van der Waals surface area contributed by atoms with Crippen molar-refractivity contribution in [1.29, 1.82) is 0 Å². The first-order chi connectivity index (χ1) is 8.84. The summed E-state index contributed by atoms with van der Waals surface area (Å²) in [6.45, 7) is 2.16. The molecule has 6 nitrogen and oxygen atoms in total. The average Bonchev–Trinajstić information content (AvgIpc) is 2.34. The van der Waals surface area contributed by atoms with Crippen molar-refractivity contribution < 1.29 is 14.8 Å². The van der Waals surface area contributed by atoms with Gasteiger partial charge in [0, 0.05) is 11.6 Å². The van der Waals surface area contributed by atoms with Crippen molar-refractivity contribution in [1.82, 2.24) is 4.90 Å². The molecule has 7 heteroatoms. The van der Waals surface area contributed by atoms with E-state index in [1.165, 1.54) is 22.7 Å². The van der Waals surface area contributed by atoms with E-state index in [0.717, 1.165) is 0 Å². The van der Waals surface area contributed by atoms with E-state index >= 15 is 0 Å². The van der Waals surface area contributed by atoms with Gasteiger partial charge < -0.3 is 10.0 Å². The Morgan fingerprint density at radius 2 is 2.16 bits per heavy atom. The lowest BCUT2D eigenvalue weighted by Crippen LogP contribution is -2.61. The number of thioether (sulfide) groups is 1. The first-order valence-corrected chi connectivity index (χ1v) is 6.90. The SMILES string of the molecule is CSc1ccc(C(=O)N2CC(C)(O)C2)cc1[N+](=O)[O-]. The highest BCUT2D eigenvalue weighted by atomic mass is 32.2. The third-order valence-corrected chi connectivity index (χ3v) is 3.76.